The molecule has 0 aliphatic heterocycles. The van der Waals surface area contributed by atoms with Gasteiger partial charge < -0.3 is 15.0 Å². The molecule has 8 heteroatoms. The van der Waals surface area contributed by atoms with Crippen molar-refractivity contribution in [2.24, 2.45) is 0 Å². The molecule has 0 radical (unpaired) electrons. The third-order valence-corrected chi connectivity index (χ3v) is 4.35. The number of nitrogens with one attached hydrogen (secondary N) is 2. The molecule has 0 unspecified atom stereocenters. The number of aromatic amines is 1. The summed E-state index contributed by atoms with van der Waals surface area (Å²) in [6, 6.07) is 7.88. The van der Waals surface area contributed by atoms with Crippen LogP contribution in [0.2, 0.25) is 0 Å². The highest BCUT2D eigenvalue weighted by Crippen LogP contribution is 2.14. The molecule has 1 aromatic carbocycles. The molecule has 138 valence electrons. The fourth-order valence-corrected chi connectivity index (χ4v) is 2.70. The van der Waals surface area contributed by atoms with E-state index in [2.05, 4.69) is 15.3 Å². The number of aryl methyl sites for hydroxylation is 1. The van der Waals surface area contributed by atoms with Gasteiger partial charge >= 0.3 is 5.97 Å². The summed E-state index contributed by atoms with van der Waals surface area (Å²) in [5, 5.41) is 3.12. The standard InChI is InChI=1S/C18H21N3O4S/c1-4-12(3)25-17(24)13-5-7-14(8-6-13)20-16(23)10-26-18-19-11(2)9-15(22)21-18/h5-9,12H,4,10H2,1-3H3,(H,20,23)(H,19,21,22)/t12-/m0/s1. The van der Waals surface area contributed by atoms with Crippen molar-refractivity contribution in [3.63, 3.8) is 0 Å². The maximum Gasteiger partial charge on any atom is 0.338 e. The summed E-state index contributed by atoms with van der Waals surface area (Å²) in [4.78, 5) is 42.0. The van der Waals surface area contributed by atoms with E-state index in [1.165, 1.54) is 6.07 Å². The number of carbonyl (C=O) groups excluding carboxylic acids is 2. The fraction of sp³-hybridized carbons (Fsp3) is 0.333. The summed E-state index contributed by atoms with van der Waals surface area (Å²) >= 11 is 1.14. The lowest BCUT2D eigenvalue weighted by molar-refractivity contribution is -0.113. The first kappa shape index (κ1) is 19.7. The number of anilines is 1. The van der Waals surface area contributed by atoms with E-state index in [0.717, 1.165) is 18.2 Å². The van der Waals surface area contributed by atoms with Crippen molar-refractivity contribution in [2.45, 2.75) is 38.5 Å². The first-order valence-corrected chi connectivity index (χ1v) is 9.17. The summed E-state index contributed by atoms with van der Waals surface area (Å²) in [6.07, 6.45) is 0.610. The van der Waals surface area contributed by atoms with E-state index in [4.69, 9.17) is 4.74 Å². The molecule has 2 N–H and O–H groups in total. The van der Waals surface area contributed by atoms with Gasteiger partial charge in [0.25, 0.3) is 5.56 Å². The van der Waals surface area contributed by atoms with E-state index in [0.29, 0.717) is 22.1 Å². The summed E-state index contributed by atoms with van der Waals surface area (Å²) in [6.45, 7) is 5.49. The highest BCUT2D eigenvalue weighted by Gasteiger charge is 2.11. The minimum Gasteiger partial charge on any atom is -0.459 e. The highest BCUT2D eigenvalue weighted by molar-refractivity contribution is 7.99. The van der Waals surface area contributed by atoms with Crippen LogP contribution in [0.1, 0.15) is 36.3 Å². The monoisotopic (exact) mass is 375 g/mol. The van der Waals surface area contributed by atoms with Crippen LogP contribution < -0.4 is 10.9 Å². The Labute approximate surface area is 155 Å². The molecule has 0 spiro atoms. The number of thioether (sulfide) groups is 1. The average molecular weight is 375 g/mol. The van der Waals surface area contributed by atoms with Gasteiger partial charge in [-0.05, 0) is 44.5 Å². The molecule has 0 bridgehead atoms. The number of benzene rings is 1. The molecule has 0 saturated carbocycles. The third-order valence-electron chi connectivity index (χ3n) is 3.48. The number of ether oxygens (including phenoxy) is 1. The lowest BCUT2D eigenvalue weighted by Crippen LogP contribution is -2.16. The van der Waals surface area contributed by atoms with Gasteiger partial charge in [-0.2, -0.15) is 0 Å². The van der Waals surface area contributed by atoms with Crippen molar-refractivity contribution in [2.75, 3.05) is 11.1 Å². The molecular weight excluding hydrogens is 354 g/mol. The second kappa shape index (κ2) is 9.19. The Bertz CT molecular complexity index is 833. The second-order valence-electron chi connectivity index (χ2n) is 5.73. The smallest absolute Gasteiger partial charge is 0.338 e. The Morgan fingerprint density at radius 1 is 1.31 bits per heavy atom. The molecule has 26 heavy (non-hydrogen) atoms. The first-order valence-electron chi connectivity index (χ1n) is 8.19. The van der Waals surface area contributed by atoms with Gasteiger partial charge in [0.1, 0.15) is 0 Å². The number of carbonyl (C=O) groups is 2. The second-order valence-corrected chi connectivity index (χ2v) is 6.69. The topological polar surface area (TPSA) is 101 Å². The van der Waals surface area contributed by atoms with Crippen molar-refractivity contribution < 1.29 is 14.3 Å². The molecule has 2 aromatic rings. The van der Waals surface area contributed by atoms with Crippen LogP contribution in [0.3, 0.4) is 0 Å². The number of aromatic nitrogens is 2. The van der Waals surface area contributed by atoms with Crippen LogP contribution in [0, 0.1) is 6.92 Å². The number of hydrogen-bond donors (Lipinski definition) is 2. The maximum absolute atomic E-state index is 12.0. The Morgan fingerprint density at radius 3 is 2.62 bits per heavy atom. The molecule has 0 fully saturated rings. The van der Waals surface area contributed by atoms with Crippen molar-refractivity contribution in [1.29, 1.82) is 0 Å². The van der Waals surface area contributed by atoms with E-state index in [1.807, 2.05) is 13.8 Å². The van der Waals surface area contributed by atoms with Crippen LogP contribution in [0.4, 0.5) is 5.69 Å². The predicted molar refractivity (Wildman–Crippen MR) is 101 cm³/mol. The van der Waals surface area contributed by atoms with Gasteiger partial charge in [0.05, 0.1) is 17.4 Å². The number of H-pyrrole nitrogens is 1. The van der Waals surface area contributed by atoms with Crippen LogP contribution >= 0.6 is 11.8 Å². The SMILES string of the molecule is CC[C@H](C)OC(=O)c1ccc(NC(=O)CSc2nc(C)cc(=O)[nH]2)cc1. The first-order chi connectivity index (χ1) is 12.4. The molecule has 0 aliphatic rings. The molecule has 0 saturated heterocycles. The average Bonchev–Trinajstić information content (AvgIpc) is 2.59. The molecule has 1 atom stereocenters. The summed E-state index contributed by atoms with van der Waals surface area (Å²) in [5.41, 5.74) is 1.34. The fourth-order valence-electron chi connectivity index (χ4n) is 1.97. The van der Waals surface area contributed by atoms with Gasteiger partial charge in [0.15, 0.2) is 5.16 Å². The Balaban J connectivity index is 1.89. The minimum atomic E-state index is -0.387. The molecule has 7 nitrogen and oxygen atoms in total. The van der Waals surface area contributed by atoms with Crippen molar-refractivity contribution in [3.8, 4) is 0 Å². The van der Waals surface area contributed by atoms with Crippen LogP contribution in [-0.2, 0) is 9.53 Å². The number of nitrogens with zero attached hydrogens (tertiary/aromatic N) is 1. The molecule has 1 amide bonds. The van der Waals surface area contributed by atoms with Gasteiger partial charge in [-0.3, -0.25) is 9.59 Å². The van der Waals surface area contributed by atoms with Crippen LogP contribution in [0.15, 0.2) is 40.3 Å². The van der Waals surface area contributed by atoms with Gasteiger partial charge in [0, 0.05) is 17.4 Å². The number of hydrogen-bond acceptors (Lipinski definition) is 6. The predicted octanol–water partition coefficient (Wildman–Crippen LogP) is 2.76. The zero-order valence-corrected chi connectivity index (χ0v) is 15.7. The van der Waals surface area contributed by atoms with Crippen LogP contribution in [0.5, 0.6) is 0 Å². The summed E-state index contributed by atoms with van der Waals surface area (Å²) in [5.74, 6) is -0.527. The summed E-state index contributed by atoms with van der Waals surface area (Å²) < 4.78 is 5.25. The van der Waals surface area contributed by atoms with E-state index < -0.39 is 0 Å². The van der Waals surface area contributed by atoms with Gasteiger partial charge in [0.2, 0.25) is 5.91 Å². The zero-order valence-electron chi connectivity index (χ0n) is 14.9. The molecule has 0 aliphatic carbocycles. The van der Waals surface area contributed by atoms with Gasteiger partial charge in [-0.1, -0.05) is 18.7 Å². The lowest BCUT2D eigenvalue weighted by atomic mass is 10.2. The number of esters is 1. The molecule has 1 aromatic heterocycles. The van der Waals surface area contributed by atoms with Crippen molar-refractivity contribution in [1.82, 2.24) is 9.97 Å². The Kier molecular flexibility index (Phi) is 6.97. The molecule has 1 heterocycles. The van der Waals surface area contributed by atoms with E-state index >= 15 is 0 Å². The quantitative estimate of drug-likeness (QED) is 0.438. The van der Waals surface area contributed by atoms with Crippen molar-refractivity contribution >= 4 is 29.3 Å². The minimum absolute atomic E-state index is 0.101. The van der Waals surface area contributed by atoms with Crippen LogP contribution in [-0.4, -0.2) is 33.7 Å². The van der Waals surface area contributed by atoms with Gasteiger partial charge in [-0.25, -0.2) is 9.78 Å². The van der Waals surface area contributed by atoms with Gasteiger partial charge in [-0.15, -0.1) is 0 Å². The largest absolute Gasteiger partial charge is 0.459 e. The Hall–Kier alpha value is -2.61. The number of amides is 1. The van der Waals surface area contributed by atoms with E-state index in [-0.39, 0.29) is 29.3 Å². The van der Waals surface area contributed by atoms with E-state index in [1.54, 1.807) is 31.2 Å². The highest BCUT2D eigenvalue weighted by atomic mass is 32.2. The van der Waals surface area contributed by atoms with Crippen molar-refractivity contribution in [3.05, 3.63) is 51.9 Å². The van der Waals surface area contributed by atoms with Crippen LogP contribution in [0.25, 0.3) is 0 Å². The molecule has 2 rings (SSSR count). The van der Waals surface area contributed by atoms with E-state index in [9.17, 15) is 14.4 Å². The third kappa shape index (κ3) is 6.03. The lowest BCUT2D eigenvalue weighted by Gasteiger charge is -2.11. The Morgan fingerprint density at radius 2 is 2.00 bits per heavy atom. The number of rotatable bonds is 7. The zero-order chi connectivity index (χ0) is 19.1. The normalized spacial score (nSPS) is 11.7. The molecular formula is C18H21N3O4S. The maximum atomic E-state index is 12.0. The summed E-state index contributed by atoms with van der Waals surface area (Å²) in [7, 11) is 0.